The van der Waals surface area contributed by atoms with Crippen molar-refractivity contribution in [3.63, 3.8) is 0 Å². The molecule has 0 bridgehead atoms. The Morgan fingerprint density at radius 1 is 0.667 bits per heavy atom. The Morgan fingerprint density at radius 3 is 2.37 bits per heavy atom. The fraction of sp³-hybridized carbons (Fsp3) is 0. The smallest absolute Gasteiger partial charge is 0.101 e. The minimum absolute atomic E-state index is 0.646. The normalized spacial score (nSPS) is 11.3. The summed E-state index contributed by atoms with van der Waals surface area (Å²) in [6.45, 7) is 0. The van der Waals surface area contributed by atoms with Crippen LogP contribution in [0.1, 0.15) is 11.1 Å². The molecule has 0 aliphatic rings. The Bertz CT molecular complexity index is 1720. The van der Waals surface area contributed by atoms with Gasteiger partial charge in [0.05, 0.1) is 32.9 Å². The first-order valence-electron chi connectivity index (χ1n) is 9.57. The maximum atomic E-state index is 9.48. The molecule has 0 fully saturated rings. The van der Waals surface area contributed by atoms with Gasteiger partial charge in [-0.1, -0.05) is 36.4 Å². The molecule has 0 radical (unpaired) electrons. The van der Waals surface area contributed by atoms with E-state index >= 15 is 0 Å². The Kier molecular flexibility index (Phi) is 3.47. The summed E-state index contributed by atoms with van der Waals surface area (Å²) >= 11 is 1.66. The van der Waals surface area contributed by atoms with Crippen molar-refractivity contribution >= 4 is 53.3 Å². The van der Waals surface area contributed by atoms with Crippen LogP contribution in [0.5, 0.6) is 0 Å². The van der Waals surface area contributed by atoms with Crippen molar-refractivity contribution in [2.24, 2.45) is 0 Å². The molecule has 0 saturated carbocycles. The first-order chi connectivity index (χ1) is 14.8. The number of nitriles is 2. The first-order valence-corrected chi connectivity index (χ1v) is 10.4. The van der Waals surface area contributed by atoms with Crippen LogP contribution in [0, 0.1) is 22.7 Å². The fourth-order valence-corrected chi connectivity index (χ4v) is 5.48. The molecule has 6 aromatic rings. The van der Waals surface area contributed by atoms with Gasteiger partial charge in [-0.25, -0.2) is 0 Å². The predicted octanol–water partition coefficient (Wildman–Crippen LogP) is 6.89. The topological polar surface area (TPSA) is 52.5 Å². The third kappa shape index (κ3) is 2.23. The van der Waals surface area contributed by atoms with E-state index in [9.17, 15) is 10.5 Å². The largest absolute Gasteiger partial charge is 0.309 e. The van der Waals surface area contributed by atoms with E-state index in [2.05, 4.69) is 53.1 Å². The molecule has 0 aliphatic carbocycles. The van der Waals surface area contributed by atoms with Gasteiger partial charge < -0.3 is 4.57 Å². The lowest BCUT2D eigenvalue weighted by atomic mass is 10.1. The third-order valence-electron chi connectivity index (χ3n) is 5.66. The van der Waals surface area contributed by atoms with Crippen LogP contribution in [0.3, 0.4) is 0 Å². The molecule has 138 valence electrons. The molecule has 4 heteroatoms. The first kappa shape index (κ1) is 16.8. The summed E-state index contributed by atoms with van der Waals surface area (Å²) < 4.78 is 4.42. The zero-order chi connectivity index (χ0) is 20.2. The summed E-state index contributed by atoms with van der Waals surface area (Å²) in [6.07, 6.45) is 0. The van der Waals surface area contributed by atoms with Crippen molar-refractivity contribution in [3.8, 4) is 17.8 Å². The summed E-state index contributed by atoms with van der Waals surface area (Å²) in [6, 6.07) is 31.1. The minimum atomic E-state index is 0.646. The summed E-state index contributed by atoms with van der Waals surface area (Å²) in [5, 5.41) is 23.5. The Labute approximate surface area is 176 Å². The van der Waals surface area contributed by atoms with Gasteiger partial charge in [0.25, 0.3) is 0 Å². The van der Waals surface area contributed by atoms with Gasteiger partial charge in [0.2, 0.25) is 0 Å². The van der Waals surface area contributed by atoms with Crippen molar-refractivity contribution in [1.29, 1.82) is 10.5 Å². The number of nitrogens with zero attached hydrogens (tertiary/aromatic N) is 3. The molecule has 2 heterocycles. The highest BCUT2D eigenvalue weighted by Gasteiger charge is 2.15. The minimum Gasteiger partial charge on any atom is -0.309 e. The highest BCUT2D eigenvalue weighted by Crippen LogP contribution is 2.38. The molecular weight excluding hydrogens is 386 g/mol. The van der Waals surface area contributed by atoms with Crippen LogP contribution in [0.4, 0.5) is 0 Å². The van der Waals surface area contributed by atoms with Crippen LogP contribution >= 0.6 is 11.3 Å². The van der Waals surface area contributed by atoms with Crippen LogP contribution in [-0.4, -0.2) is 4.57 Å². The van der Waals surface area contributed by atoms with Gasteiger partial charge in [-0.05, 0) is 42.5 Å². The zero-order valence-corrected chi connectivity index (χ0v) is 16.6. The van der Waals surface area contributed by atoms with Crippen molar-refractivity contribution < 1.29 is 0 Å². The van der Waals surface area contributed by atoms with E-state index in [1.54, 1.807) is 11.3 Å². The van der Waals surface area contributed by atoms with E-state index in [4.69, 9.17) is 0 Å². The highest BCUT2D eigenvalue weighted by atomic mass is 32.1. The molecule has 0 amide bonds. The molecule has 6 rings (SSSR count). The fourth-order valence-electron chi connectivity index (χ4n) is 4.33. The highest BCUT2D eigenvalue weighted by molar-refractivity contribution is 7.26. The molecule has 30 heavy (non-hydrogen) atoms. The average Bonchev–Trinajstić information content (AvgIpc) is 3.33. The third-order valence-corrected chi connectivity index (χ3v) is 6.88. The second-order valence-electron chi connectivity index (χ2n) is 7.27. The number of para-hydroxylation sites is 1. The molecule has 4 aromatic carbocycles. The monoisotopic (exact) mass is 399 g/mol. The van der Waals surface area contributed by atoms with Gasteiger partial charge >= 0.3 is 0 Å². The lowest BCUT2D eigenvalue weighted by molar-refractivity contribution is 1.19. The number of benzene rings is 4. The van der Waals surface area contributed by atoms with Crippen molar-refractivity contribution in [2.45, 2.75) is 0 Å². The molecule has 0 unspecified atom stereocenters. The summed E-state index contributed by atoms with van der Waals surface area (Å²) in [5.74, 6) is 0. The standard InChI is InChI=1S/C26H13N3S/c27-14-16-8-10-20-19-5-1-2-7-23(19)29(24(20)12-16)18-9-11-25-22(13-18)21-6-3-4-17(15-28)26(21)30-25/h1-13H. The molecule has 0 aliphatic heterocycles. The molecule has 0 N–H and O–H groups in total. The lowest BCUT2D eigenvalue weighted by Gasteiger charge is -2.08. The molecule has 0 spiro atoms. The predicted molar refractivity (Wildman–Crippen MR) is 123 cm³/mol. The number of thiophene rings is 1. The molecule has 3 nitrogen and oxygen atoms in total. The van der Waals surface area contributed by atoms with E-state index in [1.165, 1.54) is 5.39 Å². The Hall–Kier alpha value is -4.12. The Balaban J connectivity index is 1.74. The molecule has 2 aromatic heterocycles. The van der Waals surface area contributed by atoms with E-state index in [1.807, 2.05) is 42.5 Å². The van der Waals surface area contributed by atoms with Crippen molar-refractivity contribution in [2.75, 3.05) is 0 Å². The SMILES string of the molecule is N#Cc1ccc2c3ccccc3n(-c3ccc4sc5c(C#N)cccc5c4c3)c2c1. The molecule has 0 atom stereocenters. The molecular formula is C26H13N3S. The van der Waals surface area contributed by atoms with Crippen LogP contribution < -0.4 is 0 Å². The van der Waals surface area contributed by atoms with Gasteiger partial charge in [-0.2, -0.15) is 10.5 Å². The van der Waals surface area contributed by atoms with Crippen LogP contribution in [-0.2, 0) is 0 Å². The number of aromatic nitrogens is 1. The quantitative estimate of drug-likeness (QED) is 0.302. The van der Waals surface area contributed by atoms with Gasteiger partial charge in [-0.3, -0.25) is 0 Å². The van der Waals surface area contributed by atoms with E-state index in [0.29, 0.717) is 11.1 Å². The number of rotatable bonds is 1. The van der Waals surface area contributed by atoms with Crippen LogP contribution in [0.15, 0.2) is 78.9 Å². The van der Waals surface area contributed by atoms with Gasteiger partial charge in [0, 0.05) is 31.9 Å². The Morgan fingerprint density at radius 2 is 1.50 bits per heavy atom. The van der Waals surface area contributed by atoms with Crippen molar-refractivity contribution in [1.82, 2.24) is 4.57 Å². The van der Waals surface area contributed by atoms with Crippen LogP contribution in [0.25, 0.3) is 47.7 Å². The number of hydrogen-bond donors (Lipinski definition) is 0. The number of fused-ring (bicyclic) bond motifs is 6. The number of hydrogen-bond acceptors (Lipinski definition) is 3. The average molecular weight is 399 g/mol. The lowest BCUT2D eigenvalue weighted by Crippen LogP contribution is -1.93. The summed E-state index contributed by atoms with van der Waals surface area (Å²) in [4.78, 5) is 0. The second kappa shape index (κ2) is 6.19. The van der Waals surface area contributed by atoms with E-state index in [-0.39, 0.29) is 0 Å². The maximum Gasteiger partial charge on any atom is 0.101 e. The van der Waals surface area contributed by atoms with E-state index in [0.717, 1.165) is 42.3 Å². The van der Waals surface area contributed by atoms with E-state index < -0.39 is 0 Å². The zero-order valence-electron chi connectivity index (χ0n) is 15.8. The summed E-state index contributed by atoms with van der Waals surface area (Å²) in [5.41, 5.74) is 4.54. The maximum absolute atomic E-state index is 9.48. The van der Waals surface area contributed by atoms with Crippen molar-refractivity contribution in [3.05, 3.63) is 90.0 Å². The van der Waals surface area contributed by atoms with Gasteiger partial charge in [-0.15, -0.1) is 11.3 Å². The van der Waals surface area contributed by atoms with Crippen LogP contribution in [0.2, 0.25) is 0 Å². The second-order valence-corrected chi connectivity index (χ2v) is 8.33. The van der Waals surface area contributed by atoms with Gasteiger partial charge in [0.1, 0.15) is 6.07 Å². The molecule has 0 saturated heterocycles. The van der Waals surface area contributed by atoms with Gasteiger partial charge in [0.15, 0.2) is 0 Å². The summed E-state index contributed by atoms with van der Waals surface area (Å²) in [7, 11) is 0.